The predicted molar refractivity (Wildman–Crippen MR) is 109 cm³/mol. The fraction of sp³-hybridized carbons (Fsp3) is 0.200. The number of rotatable bonds is 4. The Morgan fingerprint density at radius 1 is 1.15 bits per heavy atom. The molecular formula is C20H18N2O3S2. The number of nitrogens with zero attached hydrogens (tertiary/aromatic N) is 1. The number of nitrogens with one attached hydrogen (secondary N) is 1. The van der Waals surface area contributed by atoms with Crippen molar-refractivity contribution >= 4 is 40.7 Å². The molecule has 0 aliphatic carbocycles. The van der Waals surface area contributed by atoms with Gasteiger partial charge in [0.1, 0.15) is 10.8 Å². The Hall–Kier alpha value is -2.51. The van der Waals surface area contributed by atoms with Crippen molar-refractivity contribution in [2.45, 2.75) is 19.1 Å². The maximum atomic E-state index is 13.0. The van der Waals surface area contributed by atoms with E-state index in [-0.39, 0.29) is 11.9 Å². The lowest BCUT2D eigenvalue weighted by molar-refractivity contribution is -0.114. The van der Waals surface area contributed by atoms with Gasteiger partial charge in [0.2, 0.25) is 5.91 Å². The summed E-state index contributed by atoms with van der Waals surface area (Å²) in [4.78, 5) is 25.4. The number of benzene rings is 1. The van der Waals surface area contributed by atoms with E-state index >= 15 is 0 Å². The van der Waals surface area contributed by atoms with E-state index in [1.807, 2.05) is 40.9 Å². The van der Waals surface area contributed by atoms with Gasteiger partial charge in [0.15, 0.2) is 0 Å². The highest BCUT2D eigenvalue weighted by atomic mass is 32.2. The van der Waals surface area contributed by atoms with Gasteiger partial charge in [-0.1, -0.05) is 0 Å². The Morgan fingerprint density at radius 3 is 2.59 bits per heavy atom. The van der Waals surface area contributed by atoms with Crippen molar-refractivity contribution in [1.82, 2.24) is 4.57 Å². The van der Waals surface area contributed by atoms with Crippen molar-refractivity contribution in [3.05, 3.63) is 64.8 Å². The molecule has 1 aliphatic rings. The van der Waals surface area contributed by atoms with E-state index in [0.717, 1.165) is 28.5 Å². The van der Waals surface area contributed by atoms with E-state index in [4.69, 9.17) is 4.74 Å². The first-order valence-corrected chi connectivity index (χ1v) is 10.5. The number of hydrogen-bond donors (Lipinski definition) is 1. The van der Waals surface area contributed by atoms with Gasteiger partial charge in [0.25, 0.3) is 0 Å². The minimum atomic E-state index is -0.338. The molecule has 1 aromatic carbocycles. The Kier molecular flexibility index (Phi) is 5.05. The highest BCUT2D eigenvalue weighted by Crippen LogP contribution is 2.38. The van der Waals surface area contributed by atoms with Gasteiger partial charge in [-0.05, 0) is 54.1 Å². The standard InChI is InChI=1S/C20H18N2O3S2/c1-13(23)21-14-4-6-15(7-5-14)25-20(24)18-16-8-11-26-12-17(16)27-19(18)22-9-2-3-10-22/h2-7,9-10H,8,11-12H2,1H3,(H,21,23). The first kappa shape index (κ1) is 17.9. The summed E-state index contributed by atoms with van der Waals surface area (Å²) in [7, 11) is 0. The zero-order valence-electron chi connectivity index (χ0n) is 14.7. The number of fused-ring (bicyclic) bond motifs is 1. The Labute approximate surface area is 165 Å². The molecule has 0 spiro atoms. The molecule has 0 radical (unpaired) electrons. The number of hydrogen-bond acceptors (Lipinski definition) is 5. The summed E-state index contributed by atoms with van der Waals surface area (Å²) in [6.07, 6.45) is 4.77. The molecular weight excluding hydrogens is 380 g/mol. The van der Waals surface area contributed by atoms with E-state index in [9.17, 15) is 9.59 Å². The fourth-order valence-electron chi connectivity index (χ4n) is 3.05. The monoisotopic (exact) mass is 398 g/mol. The minimum Gasteiger partial charge on any atom is -0.423 e. The molecule has 0 unspecified atom stereocenters. The number of aromatic nitrogens is 1. The smallest absolute Gasteiger partial charge is 0.346 e. The summed E-state index contributed by atoms with van der Waals surface area (Å²) in [5.74, 6) is 1.93. The maximum Gasteiger partial charge on any atom is 0.346 e. The zero-order chi connectivity index (χ0) is 18.8. The van der Waals surface area contributed by atoms with E-state index in [0.29, 0.717) is 17.0 Å². The molecule has 0 saturated heterocycles. The largest absolute Gasteiger partial charge is 0.423 e. The van der Waals surface area contributed by atoms with Gasteiger partial charge in [0.05, 0.1) is 5.56 Å². The highest BCUT2D eigenvalue weighted by molar-refractivity contribution is 7.98. The van der Waals surface area contributed by atoms with Crippen LogP contribution >= 0.6 is 23.1 Å². The van der Waals surface area contributed by atoms with E-state index in [1.54, 1.807) is 35.6 Å². The predicted octanol–water partition coefficient (Wildman–Crippen LogP) is 4.51. The second kappa shape index (κ2) is 7.62. The van der Waals surface area contributed by atoms with Crippen LogP contribution in [0.25, 0.3) is 5.00 Å². The number of ether oxygens (including phenoxy) is 1. The molecule has 27 heavy (non-hydrogen) atoms. The number of carbonyl (C=O) groups excluding carboxylic acids is 2. The van der Waals surface area contributed by atoms with Crippen molar-refractivity contribution in [2.24, 2.45) is 0 Å². The summed E-state index contributed by atoms with van der Waals surface area (Å²) in [6.45, 7) is 1.45. The molecule has 1 N–H and O–H groups in total. The highest BCUT2D eigenvalue weighted by Gasteiger charge is 2.27. The molecule has 3 heterocycles. The molecule has 0 atom stereocenters. The number of carbonyl (C=O) groups is 2. The number of amides is 1. The third kappa shape index (κ3) is 3.79. The van der Waals surface area contributed by atoms with Crippen molar-refractivity contribution in [3.8, 4) is 10.8 Å². The van der Waals surface area contributed by atoms with E-state index in [1.165, 1.54) is 11.8 Å². The van der Waals surface area contributed by atoms with Crippen LogP contribution < -0.4 is 10.1 Å². The van der Waals surface area contributed by atoms with Crippen LogP contribution in [0.1, 0.15) is 27.7 Å². The van der Waals surface area contributed by atoms with Crippen LogP contribution in [0.4, 0.5) is 5.69 Å². The van der Waals surface area contributed by atoms with Gasteiger partial charge in [-0.15, -0.1) is 11.3 Å². The van der Waals surface area contributed by atoms with Crippen LogP contribution in [-0.2, 0) is 17.0 Å². The summed E-state index contributed by atoms with van der Waals surface area (Å²) >= 11 is 3.56. The van der Waals surface area contributed by atoms with E-state index in [2.05, 4.69) is 5.32 Å². The van der Waals surface area contributed by atoms with Crippen LogP contribution in [0.15, 0.2) is 48.8 Å². The lowest BCUT2D eigenvalue weighted by Gasteiger charge is -2.13. The molecule has 0 fully saturated rings. The van der Waals surface area contributed by atoms with Gasteiger partial charge in [-0.2, -0.15) is 11.8 Å². The van der Waals surface area contributed by atoms with Crippen molar-refractivity contribution in [3.63, 3.8) is 0 Å². The number of esters is 1. The van der Waals surface area contributed by atoms with Crippen LogP contribution in [0, 0.1) is 0 Å². The molecule has 1 aliphatic heterocycles. The normalized spacial score (nSPS) is 13.1. The third-order valence-electron chi connectivity index (χ3n) is 4.23. The Bertz CT molecular complexity index is 976. The molecule has 0 saturated carbocycles. The van der Waals surface area contributed by atoms with Crippen molar-refractivity contribution < 1.29 is 14.3 Å². The molecule has 3 aromatic rings. The topological polar surface area (TPSA) is 60.3 Å². The molecule has 4 rings (SSSR count). The van der Waals surface area contributed by atoms with Gasteiger partial charge in [-0.25, -0.2) is 4.79 Å². The molecule has 138 valence electrons. The van der Waals surface area contributed by atoms with Gasteiger partial charge >= 0.3 is 5.97 Å². The van der Waals surface area contributed by atoms with Crippen molar-refractivity contribution in [1.29, 1.82) is 0 Å². The first-order chi connectivity index (χ1) is 13.1. The number of thiophene rings is 1. The van der Waals surface area contributed by atoms with E-state index < -0.39 is 0 Å². The van der Waals surface area contributed by atoms with Gasteiger partial charge in [-0.3, -0.25) is 4.79 Å². The SMILES string of the molecule is CC(=O)Nc1ccc(OC(=O)c2c(-n3cccc3)sc3c2CCSC3)cc1. The van der Waals surface area contributed by atoms with Gasteiger partial charge < -0.3 is 14.6 Å². The van der Waals surface area contributed by atoms with Crippen LogP contribution in [0.2, 0.25) is 0 Å². The van der Waals surface area contributed by atoms with Crippen molar-refractivity contribution in [2.75, 3.05) is 11.1 Å². The lowest BCUT2D eigenvalue weighted by atomic mass is 10.1. The zero-order valence-corrected chi connectivity index (χ0v) is 16.4. The average molecular weight is 399 g/mol. The molecule has 5 nitrogen and oxygen atoms in total. The van der Waals surface area contributed by atoms with Crippen LogP contribution in [0.5, 0.6) is 5.75 Å². The Balaban J connectivity index is 1.63. The fourth-order valence-corrected chi connectivity index (χ4v) is 5.48. The van der Waals surface area contributed by atoms with Gasteiger partial charge in [0, 0.05) is 35.6 Å². The lowest BCUT2D eigenvalue weighted by Crippen LogP contribution is -2.14. The molecule has 1 amide bonds. The second-order valence-corrected chi connectivity index (χ2v) is 8.36. The summed E-state index contributed by atoms with van der Waals surface area (Å²) in [5.41, 5.74) is 2.44. The second-order valence-electron chi connectivity index (χ2n) is 6.17. The van der Waals surface area contributed by atoms with Crippen LogP contribution in [-0.4, -0.2) is 22.2 Å². The minimum absolute atomic E-state index is 0.140. The quantitative estimate of drug-likeness (QED) is 0.519. The maximum absolute atomic E-state index is 13.0. The summed E-state index contributed by atoms with van der Waals surface area (Å²) < 4.78 is 7.63. The molecule has 0 bridgehead atoms. The number of anilines is 1. The summed E-state index contributed by atoms with van der Waals surface area (Å²) in [6, 6.07) is 10.7. The summed E-state index contributed by atoms with van der Waals surface area (Å²) in [5, 5.41) is 3.61. The molecule has 7 heteroatoms. The Morgan fingerprint density at radius 2 is 1.89 bits per heavy atom. The average Bonchev–Trinajstić information content (AvgIpc) is 3.30. The third-order valence-corrected chi connectivity index (χ3v) is 6.64. The number of thioether (sulfide) groups is 1. The van der Waals surface area contributed by atoms with Crippen LogP contribution in [0.3, 0.4) is 0 Å². The molecule has 2 aromatic heterocycles. The first-order valence-electron chi connectivity index (χ1n) is 8.57.